The lowest BCUT2D eigenvalue weighted by Crippen LogP contribution is -2.40. The van der Waals surface area contributed by atoms with E-state index in [9.17, 15) is 23.3 Å². The van der Waals surface area contributed by atoms with Gasteiger partial charge in [-0.2, -0.15) is 9.30 Å². The normalized spacial score (nSPS) is 16.3. The largest absolute Gasteiger partial charge is 0.312 e. The van der Waals surface area contributed by atoms with Gasteiger partial charge in [-0.15, -0.1) is 17.9 Å². The van der Waals surface area contributed by atoms with Crippen molar-refractivity contribution in [3.05, 3.63) is 62.2 Å². The first-order chi connectivity index (χ1) is 15.7. The zero-order valence-corrected chi connectivity index (χ0v) is 20.4. The van der Waals surface area contributed by atoms with E-state index in [0.717, 1.165) is 16.9 Å². The van der Waals surface area contributed by atoms with E-state index < -0.39 is 20.9 Å². The molecule has 3 aromatic rings. The van der Waals surface area contributed by atoms with Crippen LogP contribution in [0.25, 0.3) is 10.2 Å². The number of sulfonamides is 1. The summed E-state index contributed by atoms with van der Waals surface area (Å²) >= 11 is 8.08. The number of thiophene rings is 1. The molecule has 0 spiro atoms. The number of allylic oxidation sites excluding steroid dienone is 1. The van der Waals surface area contributed by atoms with Crippen molar-refractivity contribution in [3.63, 3.8) is 0 Å². The molecule has 0 N–H and O–H groups in total. The number of aromatic nitrogens is 1. The van der Waals surface area contributed by atoms with Crippen molar-refractivity contribution in [1.82, 2.24) is 8.87 Å². The van der Waals surface area contributed by atoms with Crippen molar-refractivity contribution in [2.45, 2.75) is 23.6 Å². The Morgan fingerprint density at radius 2 is 2.00 bits per heavy atom. The lowest BCUT2D eigenvalue weighted by atomic mass is 9.98. The molecule has 1 aliphatic rings. The predicted octanol–water partition coefficient (Wildman–Crippen LogP) is 4.04. The molecule has 174 valence electrons. The van der Waals surface area contributed by atoms with Crippen molar-refractivity contribution >= 4 is 66.1 Å². The topological polar surface area (TPSA) is 115 Å². The number of carbonyl (C=O) groups excluding carboxylic acids is 1. The quantitative estimate of drug-likeness (QED) is 0.273. The molecule has 1 fully saturated rings. The van der Waals surface area contributed by atoms with Gasteiger partial charge in [-0.1, -0.05) is 29.0 Å². The second-order valence-corrected chi connectivity index (χ2v) is 12.3. The van der Waals surface area contributed by atoms with E-state index in [1.165, 1.54) is 33.8 Å². The van der Waals surface area contributed by atoms with Gasteiger partial charge in [-0.25, -0.2) is 8.42 Å². The Morgan fingerprint density at radius 3 is 2.61 bits per heavy atom. The van der Waals surface area contributed by atoms with Gasteiger partial charge >= 0.3 is 0 Å². The smallest absolute Gasteiger partial charge is 0.270 e. The number of hydrogen-bond acceptors (Lipinski definition) is 7. The average Bonchev–Trinajstić information content (AvgIpc) is 3.38. The number of thiazole rings is 1. The first-order valence-corrected chi connectivity index (χ1v) is 13.4. The molecule has 13 heteroatoms. The third-order valence-corrected chi connectivity index (χ3v) is 9.98. The van der Waals surface area contributed by atoms with Crippen LogP contribution in [0.5, 0.6) is 0 Å². The maximum Gasteiger partial charge on any atom is 0.270 e. The third kappa shape index (κ3) is 4.80. The molecular weight excluding hydrogens is 508 g/mol. The molecule has 1 amide bonds. The van der Waals surface area contributed by atoms with E-state index in [1.807, 2.05) is 0 Å². The van der Waals surface area contributed by atoms with E-state index in [0.29, 0.717) is 33.2 Å². The second-order valence-electron chi connectivity index (χ2n) is 7.38. The minimum absolute atomic E-state index is 0.0343. The number of nitro groups is 1. The maximum absolute atomic E-state index is 12.9. The molecule has 1 aliphatic heterocycles. The number of nitrogens with zero attached hydrogens (tertiary/aromatic N) is 4. The highest BCUT2D eigenvalue weighted by Crippen LogP contribution is 2.31. The molecule has 1 aromatic carbocycles. The summed E-state index contributed by atoms with van der Waals surface area (Å²) in [4.78, 5) is 28.3. The summed E-state index contributed by atoms with van der Waals surface area (Å²) in [6.07, 6.45) is 2.38. The van der Waals surface area contributed by atoms with E-state index >= 15 is 0 Å². The molecule has 33 heavy (non-hydrogen) atoms. The van der Waals surface area contributed by atoms with Crippen LogP contribution in [0.4, 0.5) is 5.69 Å². The molecule has 0 atom stereocenters. The number of rotatable bonds is 6. The number of piperidine rings is 1. The van der Waals surface area contributed by atoms with Gasteiger partial charge in [-0.3, -0.25) is 14.9 Å². The van der Waals surface area contributed by atoms with Crippen LogP contribution in [-0.4, -0.2) is 41.2 Å². The van der Waals surface area contributed by atoms with Gasteiger partial charge < -0.3 is 4.57 Å². The van der Waals surface area contributed by atoms with E-state index in [-0.39, 0.29) is 28.9 Å². The molecule has 0 radical (unpaired) electrons. The van der Waals surface area contributed by atoms with Gasteiger partial charge in [0.15, 0.2) is 4.80 Å². The Labute approximate surface area is 202 Å². The fourth-order valence-corrected chi connectivity index (χ4v) is 7.84. The van der Waals surface area contributed by atoms with Gasteiger partial charge in [0.25, 0.3) is 21.6 Å². The standard InChI is InChI=1S/C20H19ClN4O5S3/c1-2-9-24-15-4-3-14(25(27)28)12-16(15)31-20(24)22-19(26)13-7-10-23(11-8-13)33(29,30)18-6-5-17(21)32-18/h2-6,12-13H,1,7-11H2. The van der Waals surface area contributed by atoms with E-state index in [1.54, 1.807) is 22.8 Å². The molecule has 0 saturated carbocycles. The second kappa shape index (κ2) is 9.47. The molecule has 0 unspecified atom stereocenters. The van der Waals surface area contributed by atoms with Crippen LogP contribution in [0.15, 0.2) is 52.2 Å². The monoisotopic (exact) mass is 526 g/mol. The number of halogens is 1. The Balaban J connectivity index is 1.56. The Morgan fingerprint density at radius 1 is 1.27 bits per heavy atom. The van der Waals surface area contributed by atoms with Gasteiger partial charge in [0.05, 0.1) is 19.5 Å². The number of nitro benzene ring substituents is 1. The van der Waals surface area contributed by atoms with E-state index in [2.05, 4.69) is 11.6 Å². The van der Waals surface area contributed by atoms with Crippen LogP contribution in [-0.2, 0) is 21.4 Å². The molecule has 0 bridgehead atoms. The van der Waals surface area contributed by atoms with Crippen molar-refractivity contribution in [2.24, 2.45) is 10.9 Å². The molecule has 9 nitrogen and oxygen atoms in total. The lowest BCUT2D eigenvalue weighted by molar-refractivity contribution is -0.384. The first-order valence-electron chi connectivity index (χ1n) is 9.93. The van der Waals surface area contributed by atoms with Crippen LogP contribution >= 0.6 is 34.3 Å². The summed E-state index contributed by atoms with van der Waals surface area (Å²) in [6.45, 7) is 4.56. The lowest BCUT2D eigenvalue weighted by Gasteiger charge is -2.29. The van der Waals surface area contributed by atoms with Crippen LogP contribution < -0.4 is 4.80 Å². The first kappa shape index (κ1) is 23.8. The zero-order valence-electron chi connectivity index (χ0n) is 17.2. The summed E-state index contributed by atoms with van der Waals surface area (Å²) in [5.41, 5.74) is 0.695. The Bertz CT molecular complexity index is 1410. The predicted molar refractivity (Wildman–Crippen MR) is 128 cm³/mol. The molecule has 0 aliphatic carbocycles. The molecule has 2 aromatic heterocycles. The van der Waals surface area contributed by atoms with Crippen molar-refractivity contribution in [2.75, 3.05) is 13.1 Å². The number of benzene rings is 1. The summed E-state index contributed by atoms with van der Waals surface area (Å²) in [7, 11) is -3.63. The van der Waals surface area contributed by atoms with Crippen LogP contribution in [0.2, 0.25) is 4.34 Å². The minimum atomic E-state index is -3.63. The molecule has 4 rings (SSSR count). The number of hydrogen-bond donors (Lipinski definition) is 0. The highest BCUT2D eigenvalue weighted by Gasteiger charge is 2.33. The van der Waals surface area contributed by atoms with Gasteiger partial charge in [-0.05, 0) is 31.0 Å². The SMILES string of the molecule is C=CCn1c(=NC(=O)C2CCN(S(=O)(=O)c3ccc(Cl)s3)CC2)sc2cc([N+](=O)[O-])ccc21. The van der Waals surface area contributed by atoms with Gasteiger partial charge in [0.2, 0.25) is 0 Å². The minimum Gasteiger partial charge on any atom is -0.312 e. The number of carbonyl (C=O) groups is 1. The fourth-order valence-electron chi connectivity index (χ4n) is 3.66. The van der Waals surface area contributed by atoms with Crippen LogP contribution in [0.1, 0.15) is 12.8 Å². The van der Waals surface area contributed by atoms with Crippen LogP contribution in [0.3, 0.4) is 0 Å². The van der Waals surface area contributed by atoms with Crippen LogP contribution in [0, 0.1) is 16.0 Å². The Kier molecular flexibility index (Phi) is 6.82. The Hall–Kier alpha value is -2.38. The average molecular weight is 527 g/mol. The van der Waals surface area contributed by atoms with Crippen molar-refractivity contribution < 1.29 is 18.1 Å². The molecule has 3 heterocycles. The highest BCUT2D eigenvalue weighted by molar-refractivity contribution is 7.91. The summed E-state index contributed by atoms with van der Waals surface area (Å²) in [5.74, 6) is -0.731. The summed E-state index contributed by atoms with van der Waals surface area (Å²) in [5, 5.41) is 11.1. The number of fused-ring (bicyclic) bond motifs is 1. The number of non-ortho nitro benzene ring substituents is 1. The van der Waals surface area contributed by atoms with Crippen molar-refractivity contribution in [3.8, 4) is 0 Å². The van der Waals surface area contributed by atoms with Crippen molar-refractivity contribution in [1.29, 1.82) is 0 Å². The zero-order chi connectivity index (χ0) is 23.8. The van der Waals surface area contributed by atoms with Gasteiger partial charge in [0, 0.05) is 37.7 Å². The van der Waals surface area contributed by atoms with Gasteiger partial charge in [0.1, 0.15) is 4.21 Å². The third-order valence-electron chi connectivity index (χ3n) is 5.34. The molecule has 1 saturated heterocycles. The number of amides is 1. The summed E-state index contributed by atoms with van der Waals surface area (Å²) < 4.78 is 29.9. The highest BCUT2D eigenvalue weighted by atomic mass is 35.5. The maximum atomic E-state index is 12.9. The fraction of sp³-hybridized carbons (Fsp3) is 0.300. The van der Waals surface area contributed by atoms with E-state index in [4.69, 9.17) is 11.6 Å². The summed E-state index contributed by atoms with van der Waals surface area (Å²) in [6, 6.07) is 7.54. The molecular formula is C20H19ClN4O5S3.